The van der Waals surface area contributed by atoms with E-state index in [1.165, 1.54) is 9.80 Å². The third kappa shape index (κ3) is 4.66. The van der Waals surface area contributed by atoms with Crippen LogP contribution in [0.3, 0.4) is 0 Å². The molecule has 1 aromatic rings. The van der Waals surface area contributed by atoms with Crippen LogP contribution in [0, 0.1) is 11.6 Å². The summed E-state index contributed by atoms with van der Waals surface area (Å²) < 4.78 is 27.3. The van der Waals surface area contributed by atoms with E-state index >= 15 is 0 Å². The minimum absolute atomic E-state index is 0.0176. The number of carbonyl (C=O) groups is 2. The van der Waals surface area contributed by atoms with Crippen LogP contribution in [0.25, 0.3) is 0 Å². The van der Waals surface area contributed by atoms with Crippen LogP contribution in [-0.2, 0) is 11.3 Å². The molecule has 0 bridgehead atoms. The molecule has 0 unspecified atom stereocenters. The molecule has 1 aromatic carbocycles. The van der Waals surface area contributed by atoms with Crippen LogP contribution in [0.4, 0.5) is 13.6 Å². The zero-order valence-corrected chi connectivity index (χ0v) is 14.0. The number of likely N-dealkylation sites (N-methyl/N-ethyl adjacent to an activating group) is 1. The van der Waals surface area contributed by atoms with Gasteiger partial charge in [-0.2, -0.15) is 0 Å². The van der Waals surface area contributed by atoms with Crippen LogP contribution < -0.4 is 5.32 Å². The van der Waals surface area contributed by atoms with Gasteiger partial charge in [0, 0.05) is 25.7 Å². The zero-order valence-electron chi connectivity index (χ0n) is 14.0. The van der Waals surface area contributed by atoms with Gasteiger partial charge in [-0.05, 0) is 31.0 Å². The molecular formula is C17H23F2N3O2. The van der Waals surface area contributed by atoms with E-state index in [4.69, 9.17) is 0 Å². The van der Waals surface area contributed by atoms with E-state index < -0.39 is 17.7 Å². The molecule has 2 rings (SSSR count). The Balaban J connectivity index is 2.11. The van der Waals surface area contributed by atoms with E-state index in [9.17, 15) is 18.4 Å². The first kappa shape index (κ1) is 18.2. The van der Waals surface area contributed by atoms with Crippen molar-refractivity contribution in [1.82, 2.24) is 15.1 Å². The second kappa shape index (κ2) is 8.08. The Morgan fingerprint density at radius 2 is 1.88 bits per heavy atom. The molecule has 1 aliphatic carbocycles. The Morgan fingerprint density at radius 3 is 2.50 bits per heavy atom. The van der Waals surface area contributed by atoms with Gasteiger partial charge in [-0.3, -0.25) is 4.79 Å². The number of rotatable bonds is 5. The fourth-order valence-electron chi connectivity index (χ4n) is 2.84. The third-order valence-electron chi connectivity index (χ3n) is 4.26. The lowest BCUT2D eigenvalue weighted by atomic mass is 10.1. The highest BCUT2D eigenvalue weighted by molar-refractivity contribution is 5.83. The lowest BCUT2D eigenvalue weighted by Gasteiger charge is -2.29. The number of hydrogen-bond acceptors (Lipinski definition) is 2. The first-order valence-corrected chi connectivity index (χ1v) is 8.07. The average Bonchev–Trinajstić information content (AvgIpc) is 3.06. The summed E-state index contributed by atoms with van der Waals surface area (Å²) in [5.41, 5.74) is 0.135. The third-order valence-corrected chi connectivity index (χ3v) is 4.26. The molecule has 7 heteroatoms. The Bertz CT molecular complexity index is 601. The largest absolute Gasteiger partial charge is 0.347 e. The number of halogens is 2. The molecular weight excluding hydrogens is 316 g/mol. The van der Waals surface area contributed by atoms with Crippen molar-refractivity contribution in [2.45, 2.75) is 38.3 Å². The molecule has 0 aromatic heterocycles. The Hall–Kier alpha value is -2.18. The van der Waals surface area contributed by atoms with Gasteiger partial charge in [0.05, 0.1) is 13.1 Å². The zero-order chi connectivity index (χ0) is 17.7. The van der Waals surface area contributed by atoms with Gasteiger partial charge in [0.2, 0.25) is 5.91 Å². The molecule has 3 amide bonds. The summed E-state index contributed by atoms with van der Waals surface area (Å²) in [7, 11) is 3.21. The summed E-state index contributed by atoms with van der Waals surface area (Å²) in [4.78, 5) is 27.0. The van der Waals surface area contributed by atoms with Gasteiger partial charge in [0.25, 0.3) is 0 Å². The second-order valence-electron chi connectivity index (χ2n) is 6.25. The van der Waals surface area contributed by atoms with Crippen LogP contribution in [0.2, 0.25) is 0 Å². The van der Waals surface area contributed by atoms with Crippen molar-refractivity contribution >= 4 is 11.9 Å². The second-order valence-corrected chi connectivity index (χ2v) is 6.25. The summed E-state index contributed by atoms with van der Waals surface area (Å²) >= 11 is 0. The topological polar surface area (TPSA) is 52.7 Å². The number of nitrogens with one attached hydrogen (secondary N) is 1. The molecule has 132 valence electrons. The van der Waals surface area contributed by atoms with Gasteiger partial charge in [0.1, 0.15) is 11.6 Å². The summed E-state index contributed by atoms with van der Waals surface area (Å²) in [6.45, 7) is -0.142. The molecule has 1 saturated carbocycles. The van der Waals surface area contributed by atoms with Crippen LogP contribution >= 0.6 is 0 Å². The molecule has 1 aliphatic rings. The Labute approximate surface area is 140 Å². The van der Waals surface area contributed by atoms with E-state index in [1.807, 2.05) is 0 Å². The molecule has 24 heavy (non-hydrogen) atoms. The van der Waals surface area contributed by atoms with Gasteiger partial charge in [0.15, 0.2) is 0 Å². The number of amides is 3. The smallest absolute Gasteiger partial charge is 0.318 e. The van der Waals surface area contributed by atoms with E-state index in [2.05, 4.69) is 5.32 Å². The molecule has 0 aliphatic heterocycles. The lowest BCUT2D eigenvalue weighted by Crippen LogP contribution is -2.47. The minimum Gasteiger partial charge on any atom is -0.347 e. The highest BCUT2D eigenvalue weighted by Gasteiger charge is 2.28. The van der Waals surface area contributed by atoms with Crippen LogP contribution in [0.1, 0.15) is 31.2 Å². The molecule has 0 radical (unpaired) electrons. The van der Waals surface area contributed by atoms with Crippen molar-refractivity contribution in [2.24, 2.45) is 0 Å². The highest BCUT2D eigenvalue weighted by Crippen LogP contribution is 2.25. The number of urea groups is 1. The molecule has 0 atom stereocenters. The maximum Gasteiger partial charge on any atom is 0.318 e. The van der Waals surface area contributed by atoms with E-state index in [-0.39, 0.29) is 30.6 Å². The highest BCUT2D eigenvalue weighted by atomic mass is 19.1. The van der Waals surface area contributed by atoms with Crippen molar-refractivity contribution in [3.05, 3.63) is 35.4 Å². The van der Waals surface area contributed by atoms with Crippen LogP contribution in [0.15, 0.2) is 18.2 Å². The molecule has 1 fully saturated rings. The molecule has 5 nitrogen and oxygen atoms in total. The maximum absolute atomic E-state index is 13.9. The average molecular weight is 339 g/mol. The van der Waals surface area contributed by atoms with E-state index in [0.29, 0.717) is 0 Å². The van der Waals surface area contributed by atoms with Crippen LogP contribution in [-0.4, -0.2) is 48.4 Å². The normalized spacial score (nSPS) is 14.5. The Kier molecular flexibility index (Phi) is 6.11. The summed E-state index contributed by atoms with van der Waals surface area (Å²) in [5, 5.41) is 2.57. The number of carbonyl (C=O) groups excluding carboxylic acids is 2. The van der Waals surface area contributed by atoms with Crippen molar-refractivity contribution in [3.8, 4) is 0 Å². The van der Waals surface area contributed by atoms with Gasteiger partial charge >= 0.3 is 6.03 Å². The lowest BCUT2D eigenvalue weighted by molar-refractivity contribution is -0.127. The molecule has 0 heterocycles. The first-order valence-electron chi connectivity index (χ1n) is 8.07. The Morgan fingerprint density at radius 1 is 1.21 bits per heavy atom. The van der Waals surface area contributed by atoms with Crippen molar-refractivity contribution in [2.75, 3.05) is 20.6 Å². The molecule has 1 N–H and O–H groups in total. The first-order chi connectivity index (χ1) is 11.4. The number of hydrogen-bond donors (Lipinski definition) is 1. The molecule has 0 spiro atoms. The van der Waals surface area contributed by atoms with Crippen molar-refractivity contribution < 1.29 is 18.4 Å². The fraction of sp³-hybridized carbons (Fsp3) is 0.529. The van der Waals surface area contributed by atoms with Crippen molar-refractivity contribution in [3.63, 3.8) is 0 Å². The van der Waals surface area contributed by atoms with Gasteiger partial charge < -0.3 is 15.1 Å². The number of nitrogens with zero attached hydrogens (tertiary/aromatic N) is 2. The monoisotopic (exact) mass is 339 g/mol. The molecule has 0 saturated heterocycles. The quantitative estimate of drug-likeness (QED) is 0.896. The van der Waals surface area contributed by atoms with Crippen LogP contribution in [0.5, 0.6) is 0 Å². The van der Waals surface area contributed by atoms with Crippen molar-refractivity contribution in [1.29, 1.82) is 0 Å². The number of benzene rings is 1. The standard InChI is InChI=1S/C17H23F2N3O2/c1-21(2)16(23)10-20-17(24)22(14-5-3-4-6-14)11-12-9-13(18)7-8-15(12)19/h7-9,14H,3-6,10-11H2,1-2H3,(H,20,24). The van der Waals surface area contributed by atoms with E-state index in [1.54, 1.807) is 14.1 Å². The summed E-state index contributed by atoms with van der Waals surface area (Å²) in [6, 6.07) is 2.76. The predicted octanol–water partition coefficient (Wildman–Crippen LogP) is 2.51. The SMILES string of the molecule is CN(C)C(=O)CNC(=O)N(Cc1cc(F)ccc1F)C1CCCC1. The predicted molar refractivity (Wildman–Crippen MR) is 86.2 cm³/mol. The summed E-state index contributed by atoms with van der Waals surface area (Å²) in [6.07, 6.45) is 3.64. The van der Waals surface area contributed by atoms with Gasteiger partial charge in [-0.1, -0.05) is 12.8 Å². The van der Waals surface area contributed by atoms with Gasteiger partial charge in [-0.15, -0.1) is 0 Å². The maximum atomic E-state index is 13.9. The minimum atomic E-state index is -0.545. The fourth-order valence-corrected chi connectivity index (χ4v) is 2.84. The summed E-state index contributed by atoms with van der Waals surface area (Å²) in [5.74, 6) is -1.32. The van der Waals surface area contributed by atoms with Gasteiger partial charge in [-0.25, -0.2) is 13.6 Å². The van der Waals surface area contributed by atoms with E-state index in [0.717, 1.165) is 43.9 Å².